The van der Waals surface area contributed by atoms with E-state index in [2.05, 4.69) is 20.8 Å². The zero-order chi connectivity index (χ0) is 49.4. The maximum Gasteiger partial charge on any atom is 0.312 e. The third-order valence-corrected chi connectivity index (χ3v) is 20.7. The molecule has 8 bridgehead atoms. The lowest BCUT2D eigenvalue weighted by molar-refractivity contribution is -0.196. The fraction of sp³-hybridized carbons (Fsp3) is 0.932. The van der Waals surface area contributed by atoms with Crippen LogP contribution in [-0.4, -0.2) is 61.0 Å². The molecular formula is C59H98O9. The highest BCUT2D eigenvalue weighted by Crippen LogP contribution is 2.61. The van der Waals surface area contributed by atoms with Crippen molar-refractivity contribution in [3.63, 3.8) is 0 Å². The monoisotopic (exact) mass is 951 g/mol. The normalized spacial score (nSPS) is 38.0. The van der Waals surface area contributed by atoms with E-state index in [1.807, 2.05) is 62.3 Å². The van der Waals surface area contributed by atoms with E-state index >= 15 is 0 Å². The fourth-order valence-corrected chi connectivity index (χ4v) is 15.0. The Hall–Kier alpha value is -2.16. The minimum Gasteiger partial charge on any atom is -0.463 e. The summed E-state index contributed by atoms with van der Waals surface area (Å²) >= 11 is 0. The molecule has 0 aromatic rings. The molecule has 11 fully saturated rings. The molecule has 1 heterocycles. The quantitative estimate of drug-likeness (QED) is 0.131. The smallest absolute Gasteiger partial charge is 0.312 e. The minimum atomic E-state index is -0.362. The molecule has 0 aromatic carbocycles. The van der Waals surface area contributed by atoms with Crippen molar-refractivity contribution in [3.05, 3.63) is 0 Å². The van der Waals surface area contributed by atoms with Crippen LogP contribution >= 0.6 is 0 Å². The van der Waals surface area contributed by atoms with Gasteiger partial charge in [0.05, 0.1) is 27.8 Å². The van der Waals surface area contributed by atoms with Crippen LogP contribution in [0.25, 0.3) is 0 Å². The SMILES string of the molecule is CCC(C)(C)C(=O)OC12CC3CC(CC(C3)C1)C2.CCC(C)(C)C(=O)OC1CC2C3CCC(C3)C2C1.CCC(C)(C)C(=O)OC1CC2CC1C1CCCC21.CCC(C)(C)C(=O)OCC1CCCO1. The summed E-state index contributed by atoms with van der Waals surface area (Å²) in [5.41, 5.74) is -1.37. The molecule has 388 valence electrons. The predicted octanol–water partition coefficient (Wildman–Crippen LogP) is 13.7. The molecule has 10 saturated carbocycles. The standard InChI is InChI=1S/3C16H26O2.C11H20O3/c1-4-15(2,3)14(17)18-16-8-11-5-12(9-16)7-13(6-11)10-16;1-4-16(2,3)15(17)18-12-8-13-10-5-6-11(7-10)14(13)9-12;1-4-16(2,3)15(17)18-14-9-10-8-13(14)12-7-5-6-11(10)12;1-4-11(2,3)10(12)14-8-9-6-5-7-13-9/h11-13H,4-10H2,1-3H3;2*10-14H,4-9H2,1-3H3;9H,4-8H2,1-3H3. The second kappa shape index (κ2) is 21.5. The second-order valence-corrected chi connectivity index (χ2v) is 26.9. The van der Waals surface area contributed by atoms with E-state index < -0.39 is 0 Å². The van der Waals surface area contributed by atoms with E-state index in [0.29, 0.717) is 12.5 Å². The predicted molar refractivity (Wildman–Crippen MR) is 267 cm³/mol. The third-order valence-electron chi connectivity index (χ3n) is 20.7. The lowest BCUT2D eigenvalue weighted by Crippen LogP contribution is -2.53. The van der Waals surface area contributed by atoms with E-state index in [4.69, 9.17) is 23.7 Å². The molecule has 10 aliphatic carbocycles. The molecule has 11 aliphatic rings. The first-order chi connectivity index (χ1) is 32.0. The number of carbonyl (C=O) groups excluding carboxylic acids is 4. The van der Waals surface area contributed by atoms with E-state index in [0.717, 1.165) is 143 Å². The Bertz CT molecular complexity index is 1680. The van der Waals surface area contributed by atoms with Crippen LogP contribution in [0.2, 0.25) is 0 Å². The van der Waals surface area contributed by atoms with Crippen LogP contribution in [0.4, 0.5) is 0 Å². The number of hydrogen-bond acceptors (Lipinski definition) is 9. The maximum atomic E-state index is 12.4. The first kappa shape index (κ1) is 53.6. The Morgan fingerprint density at radius 3 is 1.50 bits per heavy atom. The van der Waals surface area contributed by atoms with Gasteiger partial charge >= 0.3 is 23.9 Å². The first-order valence-corrected chi connectivity index (χ1v) is 28.5. The average molecular weight is 951 g/mol. The summed E-state index contributed by atoms with van der Waals surface area (Å²) in [6, 6.07) is 0. The summed E-state index contributed by atoms with van der Waals surface area (Å²) in [6.45, 7) is 25.2. The van der Waals surface area contributed by atoms with Crippen molar-refractivity contribution in [2.75, 3.05) is 13.2 Å². The minimum absolute atomic E-state index is 0.0160. The highest BCUT2D eigenvalue weighted by Gasteiger charge is 2.57. The van der Waals surface area contributed by atoms with E-state index in [-0.39, 0.29) is 69.5 Å². The van der Waals surface area contributed by atoms with Gasteiger partial charge in [-0.25, -0.2) is 0 Å². The molecule has 0 amide bonds. The molecular weight excluding hydrogens is 853 g/mol. The topological polar surface area (TPSA) is 114 Å². The van der Waals surface area contributed by atoms with Gasteiger partial charge < -0.3 is 23.7 Å². The van der Waals surface area contributed by atoms with E-state index in [9.17, 15) is 19.2 Å². The summed E-state index contributed by atoms with van der Waals surface area (Å²) in [6.07, 6.45) is 27.1. The van der Waals surface area contributed by atoms with Gasteiger partial charge in [-0.05, 0) is 255 Å². The molecule has 9 heteroatoms. The third kappa shape index (κ3) is 12.0. The van der Waals surface area contributed by atoms with Gasteiger partial charge in [0.15, 0.2) is 0 Å². The molecule has 0 N–H and O–H groups in total. The Kier molecular flexibility index (Phi) is 17.0. The van der Waals surface area contributed by atoms with Crippen molar-refractivity contribution in [2.45, 2.75) is 248 Å². The molecule has 9 nitrogen and oxygen atoms in total. The highest BCUT2D eigenvalue weighted by molar-refractivity contribution is 5.77. The highest BCUT2D eigenvalue weighted by atomic mass is 16.6. The van der Waals surface area contributed by atoms with Crippen LogP contribution in [0.3, 0.4) is 0 Å². The van der Waals surface area contributed by atoms with Crippen molar-refractivity contribution in [2.24, 2.45) is 86.8 Å². The van der Waals surface area contributed by atoms with Gasteiger partial charge in [-0.3, -0.25) is 19.2 Å². The molecule has 0 spiro atoms. The van der Waals surface area contributed by atoms with Crippen LogP contribution in [0.1, 0.15) is 224 Å². The van der Waals surface area contributed by atoms with Gasteiger partial charge in [0.1, 0.15) is 24.4 Å². The van der Waals surface area contributed by atoms with Crippen LogP contribution in [0.5, 0.6) is 0 Å². The summed E-state index contributed by atoms with van der Waals surface area (Å²) in [5, 5.41) is 0. The Morgan fingerprint density at radius 2 is 0.985 bits per heavy atom. The van der Waals surface area contributed by atoms with Crippen molar-refractivity contribution in [1.29, 1.82) is 0 Å². The van der Waals surface area contributed by atoms with E-state index in [1.54, 1.807) is 0 Å². The molecule has 68 heavy (non-hydrogen) atoms. The fourth-order valence-electron chi connectivity index (χ4n) is 15.0. The number of carbonyl (C=O) groups is 4. The van der Waals surface area contributed by atoms with Crippen LogP contribution < -0.4 is 0 Å². The van der Waals surface area contributed by atoms with Crippen molar-refractivity contribution >= 4 is 23.9 Å². The molecule has 1 aliphatic heterocycles. The van der Waals surface area contributed by atoms with Gasteiger partial charge in [0, 0.05) is 6.61 Å². The van der Waals surface area contributed by atoms with Crippen LogP contribution in [0.15, 0.2) is 0 Å². The largest absolute Gasteiger partial charge is 0.463 e. The summed E-state index contributed by atoms with van der Waals surface area (Å²) in [5.74, 6) is 9.58. The number of esters is 4. The average Bonchev–Trinajstić information content (AvgIpc) is 4.16. The second-order valence-electron chi connectivity index (χ2n) is 26.9. The Labute approximate surface area is 413 Å². The molecule has 0 radical (unpaired) electrons. The molecule has 0 aromatic heterocycles. The zero-order valence-electron chi connectivity index (χ0n) is 45.2. The molecule has 1 saturated heterocycles. The van der Waals surface area contributed by atoms with Crippen LogP contribution in [-0.2, 0) is 42.9 Å². The summed E-state index contributed by atoms with van der Waals surface area (Å²) in [4.78, 5) is 48.3. The summed E-state index contributed by atoms with van der Waals surface area (Å²) in [7, 11) is 0. The van der Waals surface area contributed by atoms with Crippen molar-refractivity contribution in [3.8, 4) is 0 Å². The zero-order valence-corrected chi connectivity index (χ0v) is 45.2. The Morgan fingerprint density at radius 1 is 0.485 bits per heavy atom. The van der Waals surface area contributed by atoms with Crippen molar-refractivity contribution < 1.29 is 42.9 Å². The Balaban J connectivity index is 0.000000135. The van der Waals surface area contributed by atoms with E-state index in [1.165, 1.54) is 64.2 Å². The first-order valence-electron chi connectivity index (χ1n) is 28.5. The number of fused-ring (bicyclic) bond motifs is 10. The molecule has 10 unspecified atom stereocenters. The van der Waals surface area contributed by atoms with Crippen molar-refractivity contribution in [1.82, 2.24) is 0 Å². The lowest BCUT2D eigenvalue weighted by Gasteiger charge is -2.56. The van der Waals surface area contributed by atoms with Gasteiger partial charge in [0.2, 0.25) is 0 Å². The lowest BCUT2D eigenvalue weighted by atomic mass is 9.54. The van der Waals surface area contributed by atoms with Gasteiger partial charge in [0.25, 0.3) is 0 Å². The van der Waals surface area contributed by atoms with Crippen LogP contribution in [0, 0.1) is 86.8 Å². The van der Waals surface area contributed by atoms with Gasteiger partial charge in [-0.15, -0.1) is 0 Å². The number of ether oxygens (including phenoxy) is 5. The number of hydrogen-bond donors (Lipinski definition) is 0. The maximum absolute atomic E-state index is 12.4. The molecule has 10 atom stereocenters. The summed E-state index contributed by atoms with van der Waals surface area (Å²) < 4.78 is 28.3. The molecule has 11 rings (SSSR count). The number of rotatable bonds is 13. The van der Waals surface area contributed by atoms with Gasteiger partial charge in [-0.1, -0.05) is 34.1 Å². The van der Waals surface area contributed by atoms with Gasteiger partial charge in [-0.2, -0.15) is 0 Å².